The van der Waals surface area contributed by atoms with Crippen LogP contribution in [0.3, 0.4) is 0 Å². The van der Waals surface area contributed by atoms with Crippen LogP contribution in [0.5, 0.6) is 0 Å². The smallest absolute Gasteiger partial charge is 0.281 e. The molecule has 1 heterocycles. The van der Waals surface area contributed by atoms with Crippen molar-refractivity contribution in [2.45, 2.75) is 77.7 Å². The van der Waals surface area contributed by atoms with Gasteiger partial charge in [-0.05, 0) is 25.7 Å². The summed E-state index contributed by atoms with van der Waals surface area (Å²) in [6.45, 7) is 5.47. The Balaban J connectivity index is 1.94. The molecule has 1 saturated carbocycles. The maximum absolute atomic E-state index is 12.7. The lowest BCUT2D eigenvalue weighted by atomic mass is 9.94. The monoisotopic (exact) mass is 373 g/mol. The molecular formula is C18H35N3O3S. The molecule has 0 bridgehead atoms. The highest BCUT2D eigenvalue weighted by molar-refractivity contribution is 7.86. The highest BCUT2D eigenvalue weighted by atomic mass is 32.2. The molecule has 1 aliphatic carbocycles. The van der Waals surface area contributed by atoms with E-state index in [2.05, 4.69) is 5.32 Å². The van der Waals surface area contributed by atoms with E-state index in [1.54, 1.807) is 0 Å². The first kappa shape index (κ1) is 20.6. The van der Waals surface area contributed by atoms with Crippen molar-refractivity contribution in [3.63, 3.8) is 0 Å². The molecule has 1 atom stereocenters. The van der Waals surface area contributed by atoms with Crippen molar-refractivity contribution in [1.29, 1.82) is 0 Å². The molecule has 1 N–H and O–H groups in total. The van der Waals surface area contributed by atoms with E-state index >= 15 is 0 Å². The van der Waals surface area contributed by atoms with Gasteiger partial charge in [0, 0.05) is 32.2 Å². The zero-order valence-electron chi connectivity index (χ0n) is 15.9. The Bertz CT molecular complexity index is 512. The normalized spacial score (nSPS) is 24.7. The minimum atomic E-state index is -3.45. The van der Waals surface area contributed by atoms with Crippen LogP contribution in [0.25, 0.3) is 0 Å². The minimum absolute atomic E-state index is 0.0463. The van der Waals surface area contributed by atoms with Crippen LogP contribution in [0.2, 0.25) is 0 Å². The average molecular weight is 374 g/mol. The van der Waals surface area contributed by atoms with Crippen molar-refractivity contribution in [2.24, 2.45) is 5.92 Å². The zero-order chi connectivity index (χ0) is 18.3. The number of hydrogen-bond acceptors (Lipinski definition) is 3. The Morgan fingerprint density at radius 1 is 1.00 bits per heavy atom. The van der Waals surface area contributed by atoms with Gasteiger partial charge in [-0.2, -0.15) is 17.0 Å². The van der Waals surface area contributed by atoms with E-state index in [0.29, 0.717) is 26.2 Å². The van der Waals surface area contributed by atoms with Crippen LogP contribution in [0.15, 0.2) is 0 Å². The third-order valence-corrected chi connectivity index (χ3v) is 7.72. The van der Waals surface area contributed by atoms with Crippen LogP contribution in [-0.4, -0.2) is 55.2 Å². The first-order valence-electron chi connectivity index (χ1n) is 10.0. The van der Waals surface area contributed by atoms with Gasteiger partial charge in [-0.1, -0.05) is 46.0 Å². The molecule has 0 aromatic heterocycles. The van der Waals surface area contributed by atoms with E-state index in [-0.39, 0.29) is 17.9 Å². The van der Waals surface area contributed by atoms with E-state index < -0.39 is 10.2 Å². The second-order valence-electron chi connectivity index (χ2n) is 7.34. The van der Waals surface area contributed by atoms with Crippen molar-refractivity contribution in [3.05, 3.63) is 0 Å². The second kappa shape index (κ2) is 9.88. The first-order valence-corrected chi connectivity index (χ1v) is 11.4. The van der Waals surface area contributed by atoms with Gasteiger partial charge in [0.25, 0.3) is 10.2 Å². The average Bonchev–Trinajstić information content (AvgIpc) is 2.58. The molecule has 0 radical (unpaired) electrons. The number of hydrogen-bond donors (Lipinski definition) is 1. The van der Waals surface area contributed by atoms with Crippen LogP contribution in [0.4, 0.5) is 0 Å². The summed E-state index contributed by atoms with van der Waals surface area (Å²) in [6, 6.07) is 0.266. The van der Waals surface area contributed by atoms with Gasteiger partial charge in [-0.15, -0.1) is 0 Å². The summed E-state index contributed by atoms with van der Waals surface area (Å²) in [5, 5.41) is 3.21. The molecule has 1 amide bonds. The molecule has 2 aliphatic rings. The van der Waals surface area contributed by atoms with Gasteiger partial charge in [-0.25, -0.2) is 0 Å². The maximum Gasteiger partial charge on any atom is 0.281 e. The number of carbonyl (C=O) groups excluding carboxylic acids is 1. The van der Waals surface area contributed by atoms with Crippen LogP contribution in [-0.2, 0) is 15.0 Å². The minimum Gasteiger partial charge on any atom is -0.353 e. The highest BCUT2D eigenvalue weighted by Crippen LogP contribution is 2.23. The van der Waals surface area contributed by atoms with E-state index in [4.69, 9.17) is 0 Å². The van der Waals surface area contributed by atoms with Gasteiger partial charge in [-0.3, -0.25) is 4.79 Å². The van der Waals surface area contributed by atoms with Gasteiger partial charge in [0.15, 0.2) is 0 Å². The molecule has 1 aliphatic heterocycles. The Morgan fingerprint density at radius 3 is 2.20 bits per heavy atom. The number of rotatable bonds is 6. The van der Waals surface area contributed by atoms with Crippen molar-refractivity contribution >= 4 is 16.1 Å². The fourth-order valence-corrected chi connectivity index (χ4v) is 5.71. The summed E-state index contributed by atoms with van der Waals surface area (Å²) in [5.74, 6) is -0.172. The summed E-state index contributed by atoms with van der Waals surface area (Å²) in [5.41, 5.74) is 0. The molecule has 0 unspecified atom stereocenters. The number of piperidine rings is 1. The van der Waals surface area contributed by atoms with Gasteiger partial charge >= 0.3 is 0 Å². The van der Waals surface area contributed by atoms with Crippen LogP contribution in [0.1, 0.15) is 71.6 Å². The number of nitrogens with zero attached hydrogens (tertiary/aromatic N) is 2. The molecule has 6 nitrogen and oxygen atoms in total. The molecule has 146 valence electrons. The summed E-state index contributed by atoms with van der Waals surface area (Å²) < 4.78 is 28.4. The molecule has 25 heavy (non-hydrogen) atoms. The predicted molar refractivity (Wildman–Crippen MR) is 100 cm³/mol. The summed E-state index contributed by atoms with van der Waals surface area (Å²) in [4.78, 5) is 12.7. The van der Waals surface area contributed by atoms with E-state index in [0.717, 1.165) is 25.7 Å². The number of carbonyl (C=O) groups is 1. The molecule has 0 aromatic rings. The first-order chi connectivity index (χ1) is 12.0. The van der Waals surface area contributed by atoms with E-state index in [1.165, 1.54) is 40.7 Å². The Kier molecular flexibility index (Phi) is 8.16. The van der Waals surface area contributed by atoms with Crippen LogP contribution >= 0.6 is 0 Å². The van der Waals surface area contributed by atoms with Crippen molar-refractivity contribution in [3.8, 4) is 0 Å². The van der Waals surface area contributed by atoms with Crippen molar-refractivity contribution < 1.29 is 13.2 Å². The third-order valence-electron chi connectivity index (χ3n) is 5.56. The van der Waals surface area contributed by atoms with Gasteiger partial charge in [0.2, 0.25) is 5.91 Å². The fraction of sp³-hybridized carbons (Fsp3) is 0.944. The summed E-state index contributed by atoms with van der Waals surface area (Å²) in [7, 11) is -3.45. The topological polar surface area (TPSA) is 69.7 Å². The molecule has 0 spiro atoms. The van der Waals surface area contributed by atoms with Crippen molar-refractivity contribution in [1.82, 2.24) is 13.9 Å². The quantitative estimate of drug-likeness (QED) is 0.778. The van der Waals surface area contributed by atoms with Crippen molar-refractivity contribution in [2.75, 3.05) is 26.2 Å². The largest absolute Gasteiger partial charge is 0.353 e. The van der Waals surface area contributed by atoms with E-state index in [9.17, 15) is 13.2 Å². The van der Waals surface area contributed by atoms with Gasteiger partial charge < -0.3 is 5.32 Å². The molecule has 7 heteroatoms. The zero-order valence-corrected chi connectivity index (χ0v) is 16.7. The molecular weight excluding hydrogens is 338 g/mol. The molecule has 1 saturated heterocycles. The standard InChI is InChI=1S/C18H35N3O3S/c1-3-20(4-2)25(23,24)21-14-10-11-16(15-21)18(22)19-17-12-8-6-5-7-9-13-17/h16-17H,3-15H2,1-2H3,(H,19,22)/t16-/m1/s1. The summed E-state index contributed by atoms with van der Waals surface area (Å²) in [6.07, 6.45) is 9.82. The Morgan fingerprint density at radius 2 is 1.60 bits per heavy atom. The SMILES string of the molecule is CCN(CC)S(=O)(=O)N1CCC[C@@H](C(=O)NC2CCCCCCC2)C1. The Labute approximate surface area is 153 Å². The van der Waals surface area contributed by atoms with Crippen LogP contribution in [0, 0.1) is 5.92 Å². The van der Waals surface area contributed by atoms with Crippen LogP contribution < -0.4 is 5.32 Å². The predicted octanol–water partition coefficient (Wildman–Crippen LogP) is 2.51. The number of nitrogens with one attached hydrogen (secondary N) is 1. The lowest BCUT2D eigenvalue weighted by molar-refractivity contribution is -0.127. The lowest BCUT2D eigenvalue weighted by Gasteiger charge is -2.35. The highest BCUT2D eigenvalue weighted by Gasteiger charge is 2.35. The molecule has 2 fully saturated rings. The van der Waals surface area contributed by atoms with Gasteiger partial charge in [0.1, 0.15) is 0 Å². The molecule has 0 aromatic carbocycles. The Hall–Kier alpha value is -0.660. The fourth-order valence-electron chi connectivity index (χ4n) is 4.00. The molecule has 2 rings (SSSR count). The second-order valence-corrected chi connectivity index (χ2v) is 9.27. The third kappa shape index (κ3) is 5.66. The maximum atomic E-state index is 12.7. The lowest BCUT2D eigenvalue weighted by Crippen LogP contribution is -2.51. The number of amides is 1. The summed E-state index contributed by atoms with van der Waals surface area (Å²) >= 11 is 0. The van der Waals surface area contributed by atoms with Gasteiger partial charge in [0.05, 0.1) is 5.92 Å². The van der Waals surface area contributed by atoms with E-state index in [1.807, 2.05) is 13.8 Å².